The normalized spacial score (nSPS) is 14.1. The van der Waals surface area contributed by atoms with Crippen molar-refractivity contribution in [2.75, 3.05) is 44.8 Å². The van der Waals surface area contributed by atoms with Crippen LogP contribution in [-0.4, -0.2) is 60.9 Å². The lowest BCUT2D eigenvalue weighted by Crippen LogP contribution is -2.49. The molecule has 1 fully saturated rings. The van der Waals surface area contributed by atoms with Gasteiger partial charge in [-0.05, 0) is 37.3 Å². The van der Waals surface area contributed by atoms with Gasteiger partial charge in [-0.2, -0.15) is 0 Å². The van der Waals surface area contributed by atoms with Gasteiger partial charge in [-0.1, -0.05) is 12.1 Å². The maximum absolute atomic E-state index is 14.4. The van der Waals surface area contributed by atoms with Gasteiger partial charge in [0, 0.05) is 31.6 Å². The first kappa shape index (κ1) is 19.9. The predicted octanol–water partition coefficient (Wildman–Crippen LogP) is 3.72. The number of piperazine rings is 1. The summed E-state index contributed by atoms with van der Waals surface area (Å²) < 4.78 is 24.9. The fourth-order valence-electron chi connectivity index (χ4n) is 3.54. The molecule has 0 N–H and O–H groups in total. The topological polar surface area (TPSA) is 67.8 Å². The van der Waals surface area contributed by atoms with Gasteiger partial charge in [-0.3, -0.25) is 0 Å². The second-order valence-electron chi connectivity index (χ2n) is 6.91. The molecule has 0 spiro atoms. The molecular formula is C22H23FN4O3. The van der Waals surface area contributed by atoms with Crippen molar-refractivity contribution in [3.8, 4) is 17.1 Å². The van der Waals surface area contributed by atoms with E-state index in [0.717, 1.165) is 5.39 Å². The van der Waals surface area contributed by atoms with E-state index in [1.807, 2.05) is 18.2 Å². The number of anilines is 1. The van der Waals surface area contributed by atoms with Gasteiger partial charge < -0.3 is 19.3 Å². The number of hydrogen-bond donors (Lipinski definition) is 0. The summed E-state index contributed by atoms with van der Waals surface area (Å²) >= 11 is 0. The Hall–Kier alpha value is -3.42. The summed E-state index contributed by atoms with van der Waals surface area (Å²) in [6.07, 6.45) is -0.307. The Bertz CT molecular complexity index is 1070. The molecule has 0 saturated carbocycles. The van der Waals surface area contributed by atoms with Gasteiger partial charge in [-0.15, -0.1) is 0 Å². The largest absolute Gasteiger partial charge is 0.497 e. The van der Waals surface area contributed by atoms with E-state index in [2.05, 4.69) is 9.88 Å². The van der Waals surface area contributed by atoms with Gasteiger partial charge in [0.1, 0.15) is 17.4 Å². The number of methoxy groups -OCH3 is 1. The van der Waals surface area contributed by atoms with Crippen molar-refractivity contribution in [2.24, 2.45) is 0 Å². The number of halogens is 1. The van der Waals surface area contributed by atoms with Crippen LogP contribution in [-0.2, 0) is 4.74 Å². The molecule has 1 aromatic heterocycles. The molecular weight excluding hydrogens is 387 g/mol. The van der Waals surface area contributed by atoms with Crippen LogP contribution in [0.15, 0.2) is 42.5 Å². The summed E-state index contributed by atoms with van der Waals surface area (Å²) in [5.74, 6) is 1.34. The third-order valence-corrected chi connectivity index (χ3v) is 5.10. The van der Waals surface area contributed by atoms with Crippen LogP contribution in [0.5, 0.6) is 5.75 Å². The zero-order valence-electron chi connectivity index (χ0n) is 17.0. The van der Waals surface area contributed by atoms with E-state index >= 15 is 0 Å². The van der Waals surface area contributed by atoms with Gasteiger partial charge in [0.15, 0.2) is 5.82 Å². The number of amides is 1. The first-order chi connectivity index (χ1) is 14.6. The SMILES string of the molecule is CCOC(=O)N1CCN(c2nc(-c3ccccc3F)nc3ccc(OC)cc23)CC1. The molecule has 1 amide bonds. The highest BCUT2D eigenvalue weighted by Crippen LogP contribution is 2.31. The van der Waals surface area contributed by atoms with Gasteiger partial charge >= 0.3 is 6.09 Å². The van der Waals surface area contributed by atoms with Crippen molar-refractivity contribution in [1.29, 1.82) is 0 Å². The minimum Gasteiger partial charge on any atom is -0.497 e. The average Bonchev–Trinajstić information content (AvgIpc) is 2.78. The molecule has 4 rings (SSSR count). The van der Waals surface area contributed by atoms with Crippen LogP contribution in [0.2, 0.25) is 0 Å². The van der Waals surface area contributed by atoms with Gasteiger partial charge in [0.25, 0.3) is 0 Å². The number of benzene rings is 2. The molecule has 1 aliphatic heterocycles. The van der Waals surface area contributed by atoms with Crippen molar-refractivity contribution in [2.45, 2.75) is 6.92 Å². The molecule has 0 aliphatic carbocycles. The Labute approximate surface area is 174 Å². The van der Waals surface area contributed by atoms with Crippen LogP contribution in [0.25, 0.3) is 22.3 Å². The number of carbonyl (C=O) groups is 1. The Morgan fingerprint density at radius 1 is 1.10 bits per heavy atom. The lowest BCUT2D eigenvalue weighted by atomic mass is 10.1. The van der Waals surface area contributed by atoms with Crippen LogP contribution in [0.4, 0.5) is 15.0 Å². The predicted molar refractivity (Wildman–Crippen MR) is 112 cm³/mol. The monoisotopic (exact) mass is 410 g/mol. The van der Waals surface area contributed by atoms with Gasteiger partial charge in [-0.25, -0.2) is 19.2 Å². The fourth-order valence-corrected chi connectivity index (χ4v) is 3.54. The molecule has 7 nitrogen and oxygen atoms in total. The third kappa shape index (κ3) is 3.85. The van der Waals surface area contributed by atoms with Gasteiger partial charge in [0.2, 0.25) is 0 Å². The molecule has 2 heterocycles. The second-order valence-corrected chi connectivity index (χ2v) is 6.91. The summed E-state index contributed by atoms with van der Waals surface area (Å²) in [7, 11) is 1.60. The molecule has 1 aliphatic rings. The lowest BCUT2D eigenvalue weighted by molar-refractivity contribution is 0.105. The maximum atomic E-state index is 14.4. The van der Waals surface area contributed by atoms with Crippen molar-refractivity contribution < 1.29 is 18.7 Å². The molecule has 0 unspecified atom stereocenters. The number of ether oxygens (including phenoxy) is 2. The average molecular weight is 410 g/mol. The highest BCUT2D eigenvalue weighted by atomic mass is 19.1. The van der Waals surface area contributed by atoms with Crippen molar-refractivity contribution in [3.63, 3.8) is 0 Å². The zero-order valence-corrected chi connectivity index (χ0v) is 17.0. The van der Waals surface area contributed by atoms with Crippen molar-refractivity contribution in [1.82, 2.24) is 14.9 Å². The standard InChI is InChI=1S/C22H23FN4O3/c1-3-30-22(28)27-12-10-26(11-13-27)21-17-14-15(29-2)8-9-19(17)24-20(25-21)16-6-4-5-7-18(16)23/h4-9,14H,3,10-13H2,1-2H3. The highest BCUT2D eigenvalue weighted by Gasteiger charge is 2.25. The Morgan fingerprint density at radius 2 is 1.87 bits per heavy atom. The fraction of sp³-hybridized carbons (Fsp3) is 0.318. The first-order valence-corrected chi connectivity index (χ1v) is 9.88. The van der Waals surface area contributed by atoms with Gasteiger partial charge in [0.05, 0.1) is 24.8 Å². The summed E-state index contributed by atoms with van der Waals surface area (Å²) in [5.41, 5.74) is 1.05. The van der Waals surface area contributed by atoms with E-state index in [1.165, 1.54) is 6.07 Å². The number of nitrogens with zero attached hydrogens (tertiary/aromatic N) is 4. The minimum absolute atomic E-state index is 0.307. The molecule has 1 saturated heterocycles. The number of hydrogen-bond acceptors (Lipinski definition) is 6. The van der Waals surface area contributed by atoms with Crippen molar-refractivity contribution in [3.05, 3.63) is 48.3 Å². The Balaban J connectivity index is 1.74. The number of carbonyl (C=O) groups excluding carboxylic acids is 1. The molecule has 2 aromatic carbocycles. The Morgan fingerprint density at radius 3 is 2.57 bits per heavy atom. The number of rotatable bonds is 4. The van der Waals surface area contributed by atoms with Crippen LogP contribution >= 0.6 is 0 Å². The van der Waals surface area contributed by atoms with E-state index in [1.54, 1.807) is 37.1 Å². The van der Waals surface area contributed by atoms with E-state index in [4.69, 9.17) is 14.5 Å². The third-order valence-electron chi connectivity index (χ3n) is 5.10. The van der Waals surface area contributed by atoms with Crippen LogP contribution in [0.1, 0.15) is 6.92 Å². The van der Waals surface area contributed by atoms with Crippen LogP contribution in [0, 0.1) is 5.82 Å². The number of fused-ring (bicyclic) bond motifs is 1. The molecule has 0 atom stereocenters. The quantitative estimate of drug-likeness (QED) is 0.653. The minimum atomic E-state index is -0.372. The zero-order chi connectivity index (χ0) is 21.1. The summed E-state index contributed by atoms with van der Waals surface area (Å²) in [4.78, 5) is 25.1. The second kappa shape index (κ2) is 8.52. The summed E-state index contributed by atoms with van der Waals surface area (Å²) in [5, 5.41) is 0.819. The summed E-state index contributed by atoms with van der Waals surface area (Å²) in [6, 6.07) is 12.0. The van der Waals surface area contributed by atoms with Crippen LogP contribution < -0.4 is 9.64 Å². The smallest absolute Gasteiger partial charge is 0.409 e. The molecule has 8 heteroatoms. The first-order valence-electron chi connectivity index (χ1n) is 9.88. The maximum Gasteiger partial charge on any atom is 0.409 e. The number of aromatic nitrogens is 2. The lowest BCUT2D eigenvalue weighted by Gasteiger charge is -2.35. The molecule has 0 radical (unpaired) electrons. The molecule has 30 heavy (non-hydrogen) atoms. The van der Waals surface area contributed by atoms with Crippen molar-refractivity contribution >= 4 is 22.8 Å². The summed E-state index contributed by atoms with van der Waals surface area (Å²) in [6.45, 7) is 4.34. The van der Waals surface area contributed by atoms with E-state index in [9.17, 15) is 9.18 Å². The Kier molecular flexibility index (Phi) is 5.65. The molecule has 156 valence electrons. The molecule has 3 aromatic rings. The van der Waals surface area contributed by atoms with E-state index in [0.29, 0.717) is 61.3 Å². The van der Waals surface area contributed by atoms with E-state index in [-0.39, 0.29) is 11.9 Å². The molecule has 0 bridgehead atoms. The van der Waals surface area contributed by atoms with Crippen LogP contribution in [0.3, 0.4) is 0 Å². The highest BCUT2D eigenvalue weighted by molar-refractivity contribution is 5.92. The van der Waals surface area contributed by atoms with E-state index < -0.39 is 0 Å².